The van der Waals surface area contributed by atoms with Gasteiger partial charge < -0.3 is 10.5 Å². The predicted molar refractivity (Wildman–Crippen MR) is 61.2 cm³/mol. The van der Waals surface area contributed by atoms with Crippen LogP contribution in [-0.4, -0.2) is 12.1 Å². The summed E-state index contributed by atoms with van der Waals surface area (Å²) in [6.45, 7) is 0.430. The maximum Gasteiger partial charge on any atom is 0.138 e. The average Bonchev–Trinajstić information content (AvgIpc) is 2.27. The zero-order chi connectivity index (χ0) is 10.8. The van der Waals surface area contributed by atoms with Gasteiger partial charge >= 0.3 is 0 Å². The Labute approximate surface area is 92.8 Å². The van der Waals surface area contributed by atoms with Gasteiger partial charge in [0.25, 0.3) is 0 Å². The van der Waals surface area contributed by atoms with E-state index in [2.05, 4.69) is 4.98 Å². The molecule has 0 saturated carbocycles. The highest BCUT2D eigenvalue weighted by Gasteiger charge is 2.04. The van der Waals surface area contributed by atoms with Crippen LogP contribution in [0.25, 0.3) is 10.9 Å². The lowest BCUT2D eigenvalue weighted by Gasteiger charge is -2.05. The molecule has 0 aliphatic carbocycles. The van der Waals surface area contributed by atoms with Crippen LogP contribution >= 0.6 is 11.6 Å². The molecule has 0 saturated heterocycles. The van der Waals surface area contributed by atoms with Gasteiger partial charge in [0, 0.05) is 11.9 Å². The van der Waals surface area contributed by atoms with Crippen molar-refractivity contribution in [3.8, 4) is 5.75 Å². The summed E-state index contributed by atoms with van der Waals surface area (Å²) in [6, 6.07) is 7.51. The fraction of sp³-hybridized carbons (Fsp3) is 0.182. The summed E-state index contributed by atoms with van der Waals surface area (Å²) in [4.78, 5) is 4.36. The zero-order valence-corrected chi connectivity index (χ0v) is 9.08. The summed E-state index contributed by atoms with van der Waals surface area (Å²) < 4.78 is 5.13. The number of nitrogens with zero attached hydrogens (tertiary/aromatic N) is 1. The molecule has 4 heteroatoms. The van der Waals surface area contributed by atoms with Crippen LogP contribution in [0.1, 0.15) is 5.69 Å². The molecule has 0 spiro atoms. The smallest absolute Gasteiger partial charge is 0.138 e. The van der Waals surface area contributed by atoms with E-state index in [0.717, 1.165) is 16.6 Å². The van der Waals surface area contributed by atoms with Gasteiger partial charge in [-0.3, -0.25) is 4.98 Å². The highest BCUT2D eigenvalue weighted by atomic mass is 35.5. The van der Waals surface area contributed by atoms with Crippen LogP contribution in [0.3, 0.4) is 0 Å². The van der Waals surface area contributed by atoms with Crippen LogP contribution in [0.5, 0.6) is 5.75 Å². The molecule has 1 aromatic heterocycles. The monoisotopic (exact) mass is 222 g/mol. The zero-order valence-electron chi connectivity index (χ0n) is 8.33. The van der Waals surface area contributed by atoms with Gasteiger partial charge in [0.05, 0.1) is 23.3 Å². The maximum absolute atomic E-state index is 6.00. The largest absolute Gasteiger partial charge is 0.495 e. The normalized spacial score (nSPS) is 10.6. The Morgan fingerprint density at radius 1 is 1.40 bits per heavy atom. The molecule has 3 nitrogen and oxygen atoms in total. The third kappa shape index (κ3) is 1.89. The quantitative estimate of drug-likeness (QED) is 0.849. The van der Waals surface area contributed by atoms with Crippen LogP contribution in [-0.2, 0) is 6.54 Å². The van der Waals surface area contributed by atoms with Gasteiger partial charge in [-0.1, -0.05) is 17.7 Å². The third-order valence-corrected chi connectivity index (χ3v) is 2.52. The van der Waals surface area contributed by atoms with Gasteiger partial charge in [0.2, 0.25) is 0 Å². The van der Waals surface area contributed by atoms with Crippen molar-refractivity contribution in [2.45, 2.75) is 6.54 Å². The summed E-state index contributed by atoms with van der Waals surface area (Å²) in [6.07, 6.45) is 0. The maximum atomic E-state index is 6.00. The lowest BCUT2D eigenvalue weighted by molar-refractivity contribution is 0.415. The lowest BCUT2D eigenvalue weighted by atomic mass is 10.2. The SMILES string of the molecule is COc1cc2ccc(CN)nc2cc1Cl. The van der Waals surface area contributed by atoms with E-state index >= 15 is 0 Å². The molecule has 0 fully saturated rings. The first-order chi connectivity index (χ1) is 7.24. The van der Waals surface area contributed by atoms with Gasteiger partial charge in [-0.2, -0.15) is 0 Å². The van der Waals surface area contributed by atoms with E-state index in [-0.39, 0.29) is 0 Å². The number of ether oxygens (including phenoxy) is 1. The molecule has 1 heterocycles. The lowest BCUT2D eigenvalue weighted by Crippen LogP contribution is -1.99. The van der Waals surface area contributed by atoms with E-state index in [9.17, 15) is 0 Å². The van der Waals surface area contributed by atoms with E-state index in [0.29, 0.717) is 17.3 Å². The third-order valence-electron chi connectivity index (χ3n) is 2.23. The first kappa shape index (κ1) is 10.2. The number of rotatable bonds is 2. The van der Waals surface area contributed by atoms with E-state index in [1.165, 1.54) is 0 Å². The molecule has 0 radical (unpaired) electrons. The van der Waals surface area contributed by atoms with E-state index in [1.54, 1.807) is 13.2 Å². The number of hydrogen-bond acceptors (Lipinski definition) is 3. The second kappa shape index (κ2) is 4.04. The van der Waals surface area contributed by atoms with E-state index in [1.807, 2.05) is 18.2 Å². The van der Waals surface area contributed by atoms with Crippen LogP contribution in [0.4, 0.5) is 0 Å². The van der Waals surface area contributed by atoms with Crippen molar-refractivity contribution in [3.63, 3.8) is 0 Å². The highest BCUT2D eigenvalue weighted by Crippen LogP contribution is 2.28. The number of fused-ring (bicyclic) bond motifs is 1. The first-order valence-electron chi connectivity index (χ1n) is 4.58. The highest BCUT2D eigenvalue weighted by molar-refractivity contribution is 6.32. The molecular weight excluding hydrogens is 212 g/mol. The molecule has 0 aliphatic rings. The molecule has 0 bridgehead atoms. The number of hydrogen-bond donors (Lipinski definition) is 1. The second-order valence-electron chi connectivity index (χ2n) is 3.19. The van der Waals surface area contributed by atoms with Gasteiger partial charge in [-0.25, -0.2) is 0 Å². The summed E-state index contributed by atoms with van der Waals surface area (Å²) in [5.41, 5.74) is 7.20. The second-order valence-corrected chi connectivity index (χ2v) is 3.59. The standard InChI is InChI=1S/C11H11ClN2O/c1-15-11-4-7-2-3-8(6-13)14-10(7)5-9(11)12/h2-5H,6,13H2,1H3. The number of nitrogens with two attached hydrogens (primary N) is 1. The molecule has 0 atom stereocenters. The van der Waals surface area contributed by atoms with Crippen molar-refractivity contribution in [2.24, 2.45) is 5.73 Å². The Morgan fingerprint density at radius 3 is 2.87 bits per heavy atom. The van der Waals surface area contributed by atoms with E-state index in [4.69, 9.17) is 22.1 Å². The molecule has 0 aliphatic heterocycles. The van der Waals surface area contributed by atoms with Crippen molar-refractivity contribution in [1.29, 1.82) is 0 Å². The number of methoxy groups -OCH3 is 1. The molecule has 2 N–H and O–H groups in total. The van der Waals surface area contributed by atoms with Gasteiger partial charge in [-0.15, -0.1) is 0 Å². The summed E-state index contributed by atoms with van der Waals surface area (Å²) >= 11 is 6.00. The number of aromatic nitrogens is 1. The Kier molecular flexibility index (Phi) is 2.75. The van der Waals surface area contributed by atoms with Crippen LogP contribution in [0.15, 0.2) is 24.3 Å². The number of benzene rings is 1. The minimum Gasteiger partial charge on any atom is -0.495 e. The number of halogens is 1. The Bertz CT molecular complexity index is 499. The fourth-order valence-electron chi connectivity index (χ4n) is 1.44. The van der Waals surface area contributed by atoms with Crippen molar-refractivity contribution < 1.29 is 4.74 Å². The Balaban J connectivity index is 2.65. The summed E-state index contributed by atoms with van der Waals surface area (Å²) in [7, 11) is 1.59. The molecule has 0 amide bonds. The Morgan fingerprint density at radius 2 is 2.20 bits per heavy atom. The van der Waals surface area contributed by atoms with E-state index < -0.39 is 0 Å². The van der Waals surface area contributed by atoms with Gasteiger partial charge in [0.15, 0.2) is 0 Å². The molecule has 2 rings (SSSR count). The van der Waals surface area contributed by atoms with Crippen molar-refractivity contribution in [3.05, 3.63) is 35.0 Å². The summed E-state index contributed by atoms with van der Waals surface area (Å²) in [5, 5.41) is 1.56. The molecule has 78 valence electrons. The topological polar surface area (TPSA) is 48.1 Å². The average molecular weight is 223 g/mol. The van der Waals surface area contributed by atoms with Crippen LogP contribution < -0.4 is 10.5 Å². The first-order valence-corrected chi connectivity index (χ1v) is 4.95. The molecular formula is C11H11ClN2O. The van der Waals surface area contributed by atoms with Gasteiger partial charge in [0.1, 0.15) is 5.75 Å². The van der Waals surface area contributed by atoms with Crippen molar-refractivity contribution in [1.82, 2.24) is 4.98 Å². The predicted octanol–water partition coefficient (Wildman–Crippen LogP) is 2.36. The molecule has 1 aromatic carbocycles. The number of pyridine rings is 1. The minimum absolute atomic E-state index is 0.430. The Hall–Kier alpha value is -1.32. The van der Waals surface area contributed by atoms with Crippen molar-refractivity contribution >= 4 is 22.5 Å². The van der Waals surface area contributed by atoms with Crippen LogP contribution in [0.2, 0.25) is 5.02 Å². The molecule has 2 aromatic rings. The van der Waals surface area contributed by atoms with Crippen LogP contribution in [0, 0.1) is 0 Å². The fourth-order valence-corrected chi connectivity index (χ4v) is 1.67. The summed E-state index contributed by atoms with van der Waals surface area (Å²) in [5.74, 6) is 0.659. The van der Waals surface area contributed by atoms with Gasteiger partial charge in [-0.05, 0) is 18.2 Å². The molecule has 0 unspecified atom stereocenters. The van der Waals surface area contributed by atoms with Crippen molar-refractivity contribution in [2.75, 3.05) is 7.11 Å². The molecule has 15 heavy (non-hydrogen) atoms. The minimum atomic E-state index is 0.430.